The van der Waals surface area contributed by atoms with Gasteiger partial charge < -0.3 is 4.74 Å². The molecule has 0 radical (unpaired) electrons. The molecule has 0 aliphatic heterocycles. The molecular weight excluding hydrogens is 258 g/mol. The molecule has 1 heterocycles. The number of halogens is 2. The molecule has 1 saturated carbocycles. The summed E-state index contributed by atoms with van der Waals surface area (Å²) in [6, 6.07) is 0.676. The van der Waals surface area contributed by atoms with E-state index in [1.54, 1.807) is 0 Å². The van der Waals surface area contributed by atoms with Crippen LogP contribution in [0.4, 0.5) is 8.78 Å². The van der Waals surface area contributed by atoms with E-state index in [0.29, 0.717) is 0 Å². The van der Waals surface area contributed by atoms with Crippen molar-refractivity contribution in [2.75, 3.05) is 7.11 Å². The van der Waals surface area contributed by atoms with E-state index in [0.717, 1.165) is 18.9 Å². The molecule has 5 nitrogen and oxygen atoms in total. The number of aromatic amines is 1. The van der Waals surface area contributed by atoms with Gasteiger partial charge in [-0.2, -0.15) is 4.39 Å². The summed E-state index contributed by atoms with van der Waals surface area (Å²) in [6.07, 6.45) is 1.51. The number of nitrogens with one attached hydrogen (secondary N) is 1. The first-order valence-corrected chi connectivity index (χ1v) is 5.75. The Hall–Kier alpha value is -2.18. The number of methoxy groups -OCH3 is 1. The first-order chi connectivity index (χ1) is 9.04. The second kappa shape index (κ2) is 3.91. The van der Waals surface area contributed by atoms with Gasteiger partial charge in [-0.3, -0.25) is 14.3 Å². The molecule has 7 heteroatoms. The zero-order valence-electron chi connectivity index (χ0n) is 10.00. The van der Waals surface area contributed by atoms with Crippen LogP contribution in [0.2, 0.25) is 0 Å². The average molecular weight is 268 g/mol. The summed E-state index contributed by atoms with van der Waals surface area (Å²) in [5, 5.41) is -0.0951. The molecule has 19 heavy (non-hydrogen) atoms. The molecule has 0 spiro atoms. The fourth-order valence-electron chi connectivity index (χ4n) is 2.20. The number of rotatable bonds is 2. The number of ether oxygens (including phenoxy) is 1. The van der Waals surface area contributed by atoms with Crippen LogP contribution in [0.25, 0.3) is 10.9 Å². The predicted octanol–water partition coefficient (Wildman–Crippen LogP) is 1.31. The molecule has 1 aliphatic carbocycles. The summed E-state index contributed by atoms with van der Waals surface area (Å²) in [4.78, 5) is 25.7. The van der Waals surface area contributed by atoms with Gasteiger partial charge >= 0.3 is 5.69 Å². The van der Waals surface area contributed by atoms with E-state index in [-0.39, 0.29) is 16.9 Å². The highest BCUT2D eigenvalue weighted by atomic mass is 19.2. The van der Waals surface area contributed by atoms with Crippen molar-refractivity contribution in [2.24, 2.45) is 0 Å². The highest BCUT2D eigenvalue weighted by Gasteiger charge is 2.30. The Balaban J connectivity index is 2.58. The highest BCUT2D eigenvalue weighted by molar-refractivity contribution is 5.84. The zero-order chi connectivity index (χ0) is 13.7. The van der Waals surface area contributed by atoms with Crippen LogP contribution in [-0.2, 0) is 0 Å². The summed E-state index contributed by atoms with van der Waals surface area (Å²) in [5.41, 5.74) is -1.38. The second-order valence-corrected chi connectivity index (χ2v) is 4.46. The van der Waals surface area contributed by atoms with Crippen LogP contribution < -0.4 is 16.0 Å². The Morgan fingerprint density at radius 3 is 2.63 bits per heavy atom. The maximum atomic E-state index is 13.7. The van der Waals surface area contributed by atoms with Crippen LogP contribution >= 0.6 is 0 Å². The van der Waals surface area contributed by atoms with Crippen LogP contribution in [0, 0.1) is 11.6 Å². The van der Waals surface area contributed by atoms with Crippen LogP contribution in [-0.4, -0.2) is 16.7 Å². The SMILES string of the molecule is COc1c(F)c(F)cc2c(=O)[nH]c(=O)n(C3CC3)c12. The van der Waals surface area contributed by atoms with Crippen molar-refractivity contribution in [3.63, 3.8) is 0 Å². The smallest absolute Gasteiger partial charge is 0.329 e. The maximum absolute atomic E-state index is 13.7. The van der Waals surface area contributed by atoms with Gasteiger partial charge in [-0.15, -0.1) is 0 Å². The highest BCUT2D eigenvalue weighted by Crippen LogP contribution is 2.38. The van der Waals surface area contributed by atoms with Gasteiger partial charge in [0, 0.05) is 6.04 Å². The third-order valence-electron chi connectivity index (χ3n) is 3.19. The predicted molar refractivity (Wildman–Crippen MR) is 63.6 cm³/mol. The molecule has 3 rings (SSSR count). The normalized spacial score (nSPS) is 14.9. The van der Waals surface area contributed by atoms with E-state index < -0.39 is 28.6 Å². The number of hydrogen-bond acceptors (Lipinski definition) is 3. The van der Waals surface area contributed by atoms with Crippen LogP contribution in [0.15, 0.2) is 15.7 Å². The summed E-state index contributed by atoms with van der Waals surface area (Å²) in [5.74, 6) is -2.80. The molecule has 0 saturated heterocycles. The van der Waals surface area contributed by atoms with E-state index >= 15 is 0 Å². The minimum atomic E-state index is -1.20. The monoisotopic (exact) mass is 268 g/mol. The lowest BCUT2D eigenvalue weighted by molar-refractivity contribution is 0.374. The van der Waals surface area contributed by atoms with E-state index in [2.05, 4.69) is 4.98 Å². The lowest BCUT2D eigenvalue weighted by Crippen LogP contribution is -2.30. The molecular formula is C12H10F2N2O3. The summed E-state index contributed by atoms with van der Waals surface area (Å²) < 4.78 is 33.3. The molecule has 1 aromatic heterocycles. The van der Waals surface area contributed by atoms with Crippen molar-refractivity contribution in [3.8, 4) is 5.75 Å². The molecule has 100 valence electrons. The summed E-state index contributed by atoms with van der Waals surface area (Å²) in [7, 11) is 1.17. The second-order valence-electron chi connectivity index (χ2n) is 4.46. The molecule has 0 bridgehead atoms. The Kier molecular flexibility index (Phi) is 2.44. The van der Waals surface area contributed by atoms with Crippen molar-refractivity contribution in [2.45, 2.75) is 18.9 Å². The molecule has 2 aromatic rings. The van der Waals surface area contributed by atoms with Gasteiger partial charge in [0.25, 0.3) is 5.56 Å². The fraction of sp³-hybridized carbons (Fsp3) is 0.333. The lowest BCUT2D eigenvalue weighted by Gasteiger charge is -2.12. The Morgan fingerprint density at radius 2 is 2.05 bits per heavy atom. The van der Waals surface area contributed by atoms with Crippen LogP contribution in [0.3, 0.4) is 0 Å². The standard InChI is InChI=1S/C12H10F2N2O3/c1-19-10-8(14)7(13)4-6-9(10)16(5-2-3-5)12(18)15-11(6)17/h4-5H,2-3H2,1H3,(H,15,17,18). The van der Waals surface area contributed by atoms with Crippen molar-refractivity contribution in [3.05, 3.63) is 38.5 Å². The number of hydrogen-bond donors (Lipinski definition) is 1. The third kappa shape index (κ3) is 1.65. The van der Waals surface area contributed by atoms with Gasteiger partial charge in [-0.05, 0) is 18.9 Å². The minimum absolute atomic E-state index is 0.0117. The van der Waals surface area contributed by atoms with Gasteiger partial charge in [-0.1, -0.05) is 0 Å². The van der Waals surface area contributed by atoms with E-state index in [1.807, 2.05) is 0 Å². The van der Waals surface area contributed by atoms with Gasteiger partial charge in [0.15, 0.2) is 11.6 Å². The quantitative estimate of drug-likeness (QED) is 0.893. The minimum Gasteiger partial charge on any atom is -0.491 e. The van der Waals surface area contributed by atoms with Gasteiger partial charge in [-0.25, -0.2) is 9.18 Å². The first kappa shape index (κ1) is 11.9. The van der Waals surface area contributed by atoms with Crippen LogP contribution in [0.1, 0.15) is 18.9 Å². The van der Waals surface area contributed by atoms with Crippen LogP contribution in [0.5, 0.6) is 5.75 Å². The molecule has 1 aliphatic rings. The number of nitrogens with zero attached hydrogens (tertiary/aromatic N) is 1. The number of aromatic nitrogens is 2. The topological polar surface area (TPSA) is 64.1 Å². The number of H-pyrrole nitrogens is 1. The number of benzene rings is 1. The molecule has 0 atom stereocenters. The third-order valence-corrected chi connectivity index (χ3v) is 3.19. The van der Waals surface area contributed by atoms with Gasteiger partial charge in [0.1, 0.15) is 5.52 Å². The van der Waals surface area contributed by atoms with Crippen molar-refractivity contribution in [1.82, 2.24) is 9.55 Å². The Morgan fingerprint density at radius 1 is 1.37 bits per heavy atom. The Labute approximate surface area is 105 Å². The molecule has 1 aromatic carbocycles. The molecule has 1 N–H and O–H groups in total. The molecule has 0 amide bonds. The molecule has 1 fully saturated rings. The van der Waals surface area contributed by atoms with E-state index in [9.17, 15) is 18.4 Å². The number of fused-ring (bicyclic) bond motifs is 1. The summed E-state index contributed by atoms with van der Waals surface area (Å²) in [6.45, 7) is 0. The zero-order valence-corrected chi connectivity index (χ0v) is 10.00. The van der Waals surface area contributed by atoms with Gasteiger partial charge in [0.05, 0.1) is 12.5 Å². The van der Waals surface area contributed by atoms with Crippen molar-refractivity contribution in [1.29, 1.82) is 0 Å². The van der Waals surface area contributed by atoms with Crippen molar-refractivity contribution < 1.29 is 13.5 Å². The van der Waals surface area contributed by atoms with Gasteiger partial charge in [0.2, 0.25) is 5.82 Å². The van der Waals surface area contributed by atoms with E-state index in [1.165, 1.54) is 11.7 Å². The lowest BCUT2D eigenvalue weighted by atomic mass is 10.2. The fourth-order valence-corrected chi connectivity index (χ4v) is 2.20. The average Bonchev–Trinajstić information content (AvgIpc) is 3.17. The molecule has 0 unspecified atom stereocenters. The summed E-state index contributed by atoms with van der Waals surface area (Å²) >= 11 is 0. The first-order valence-electron chi connectivity index (χ1n) is 5.75. The van der Waals surface area contributed by atoms with Crippen molar-refractivity contribution >= 4 is 10.9 Å². The maximum Gasteiger partial charge on any atom is 0.329 e. The Bertz CT molecular complexity index is 790. The van der Waals surface area contributed by atoms with E-state index in [4.69, 9.17) is 4.74 Å². The largest absolute Gasteiger partial charge is 0.491 e.